The van der Waals surface area contributed by atoms with Gasteiger partial charge in [0.1, 0.15) is 22.9 Å². The Balaban J connectivity index is 0.000000351. The lowest BCUT2D eigenvalue weighted by molar-refractivity contribution is 0.254. The molecule has 2 rings (SSSR count). The molecule has 0 fully saturated rings. The summed E-state index contributed by atoms with van der Waals surface area (Å²) in [5.41, 5.74) is 9.95. The van der Waals surface area contributed by atoms with Gasteiger partial charge in [-0.3, -0.25) is 4.21 Å². The number of nitrogens with zero attached hydrogens (tertiary/aromatic N) is 4. The number of hydrogen-bond donors (Lipinski definition) is 4. The van der Waals surface area contributed by atoms with Crippen LogP contribution in [0.2, 0.25) is 0 Å². The number of sulfone groups is 1. The van der Waals surface area contributed by atoms with Gasteiger partial charge in [-0.2, -0.15) is 0 Å². The van der Waals surface area contributed by atoms with E-state index in [9.17, 15) is 32.4 Å². The summed E-state index contributed by atoms with van der Waals surface area (Å²) in [6.07, 6.45) is 5.85. The highest BCUT2D eigenvalue weighted by molar-refractivity contribution is 7.99. The Morgan fingerprint density at radius 1 is 0.886 bits per heavy atom. The first kappa shape index (κ1) is 30.0. The third-order valence-corrected chi connectivity index (χ3v) is 7.24. The second-order valence-electron chi connectivity index (χ2n) is 6.29. The number of phenolic OH excluding ortho intramolecular Hbond substituents is 2. The van der Waals surface area contributed by atoms with Crippen molar-refractivity contribution in [3.8, 4) is 11.5 Å². The van der Waals surface area contributed by atoms with Crippen molar-refractivity contribution in [1.82, 2.24) is 0 Å². The van der Waals surface area contributed by atoms with Gasteiger partial charge in [-0.25, -0.2) is 18.0 Å². The number of amides is 4. The number of hydrogen-bond acceptors (Lipinski definition) is 11. The molecule has 6 N–H and O–H groups in total. The summed E-state index contributed by atoms with van der Waals surface area (Å²) in [7, 11) is -4.97. The van der Waals surface area contributed by atoms with E-state index in [1.807, 2.05) is 0 Å². The highest BCUT2D eigenvalue weighted by atomic mass is 32.2. The largest absolute Gasteiger partial charge is 0.508 e. The predicted octanol–water partition coefficient (Wildman–Crippen LogP) is 3.69. The van der Waals surface area contributed by atoms with Crippen LogP contribution in [-0.4, -0.2) is 59.9 Å². The summed E-state index contributed by atoms with van der Waals surface area (Å²) in [6.45, 7) is 0. The van der Waals surface area contributed by atoms with Crippen molar-refractivity contribution in [1.29, 1.82) is 0 Å². The van der Waals surface area contributed by atoms with E-state index in [4.69, 9.17) is 11.5 Å². The number of azo groups is 2. The molecule has 0 spiro atoms. The van der Waals surface area contributed by atoms with E-state index in [1.165, 1.54) is 36.2 Å². The average molecular weight is 563 g/mol. The van der Waals surface area contributed by atoms with Gasteiger partial charge in [-0.1, -0.05) is 10.2 Å². The molecule has 13 nitrogen and oxygen atoms in total. The van der Waals surface area contributed by atoms with E-state index in [0.29, 0.717) is 14.7 Å². The summed E-state index contributed by atoms with van der Waals surface area (Å²) < 4.78 is 34.7. The standard InChI is InChI=1S/C9H11N3O4S2.C9H11N3O3S2/c1-17-6-3-5(13)4-7(18(2,15)16)8(6)11-12-9(10)14;1-16-6-3-5(13)4-7(17(2)15)8(6)11-12-9(10)14/h3-4,13H,1-2H3,(H2,10,14);3-4,13H,1-2H3,(H2,10,14). The van der Waals surface area contributed by atoms with Crippen LogP contribution < -0.4 is 11.5 Å². The average Bonchev–Trinajstić information content (AvgIpc) is 2.75. The molecule has 0 aromatic heterocycles. The minimum Gasteiger partial charge on any atom is -0.508 e. The molecule has 0 saturated carbocycles. The fourth-order valence-corrected chi connectivity index (χ4v) is 5.19. The number of nitrogens with two attached hydrogens (primary N) is 2. The Bertz CT molecular complexity index is 1310. The highest BCUT2D eigenvalue weighted by Crippen LogP contribution is 2.38. The lowest BCUT2D eigenvalue weighted by Gasteiger charge is -2.08. The smallest absolute Gasteiger partial charge is 0.356 e. The lowest BCUT2D eigenvalue weighted by atomic mass is 10.3. The number of benzene rings is 2. The first-order valence-corrected chi connectivity index (χ1v) is 14.9. The summed E-state index contributed by atoms with van der Waals surface area (Å²) in [5.74, 6) is -0.227. The Morgan fingerprint density at radius 3 is 1.71 bits per heavy atom. The molecule has 190 valence electrons. The molecule has 0 radical (unpaired) electrons. The van der Waals surface area contributed by atoms with Gasteiger partial charge in [0.2, 0.25) is 0 Å². The number of carbonyl (C=O) groups excluding carboxylic acids is 2. The van der Waals surface area contributed by atoms with Gasteiger partial charge in [-0.15, -0.1) is 33.8 Å². The molecule has 2 aromatic rings. The van der Waals surface area contributed by atoms with Crippen molar-refractivity contribution < 1.29 is 32.4 Å². The van der Waals surface area contributed by atoms with Crippen molar-refractivity contribution in [3.63, 3.8) is 0 Å². The Morgan fingerprint density at radius 2 is 1.31 bits per heavy atom. The first-order valence-electron chi connectivity index (χ1n) is 8.99. The molecule has 17 heteroatoms. The second-order valence-corrected chi connectivity index (χ2v) is 11.3. The third kappa shape index (κ3) is 9.27. The summed E-state index contributed by atoms with van der Waals surface area (Å²) >= 11 is 2.45. The van der Waals surface area contributed by atoms with E-state index in [0.717, 1.165) is 24.1 Å². The van der Waals surface area contributed by atoms with E-state index in [-0.39, 0.29) is 27.8 Å². The molecule has 1 unspecified atom stereocenters. The summed E-state index contributed by atoms with van der Waals surface area (Å²) in [4.78, 5) is 22.1. The molecule has 0 heterocycles. The maximum atomic E-state index is 11.6. The van der Waals surface area contributed by atoms with Crippen molar-refractivity contribution in [3.05, 3.63) is 24.3 Å². The normalized spacial score (nSPS) is 12.3. The van der Waals surface area contributed by atoms with Crippen LogP contribution in [0.4, 0.5) is 21.0 Å². The number of primary amides is 2. The van der Waals surface area contributed by atoms with Crippen molar-refractivity contribution in [2.24, 2.45) is 31.9 Å². The van der Waals surface area contributed by atoms with Gasteiger partial charge >= 0.3 is 12.1 Å². The quantitative estimate of drug-likeness (QED) is 0.297. The van der Waals surface area contributed by atoms with Gasteiger partial charge in [0.05, 0.1) is 20.6 Å². The zero-order chi connectivity index (χ0) is 26.9. The number of phenols is 2. The fraction of sp³-hybridized carbons (Fsp3) is 0.222. The van der Waals surface area contributed by atoms with Gasteiger partial charge in [-0.05, 0) is 30.7 Å². The van der Waals surface area contributed by atoms with Crippen LogP contribution in [-0.2, 0) is 20.6 Å². The van der Waals surface area contributed by atoms with Crippen LogP contribution >= 0.6 is 23.5 Å². The van der Waals surface area contributed by atoms with E-state index < -0.39 is 32.7 Å². The zero-order valence-corrected chi connectivity index (χ0v) is 22.1. The fourth-order valence-electron chi connectivity index (χ4n) is 2.35. The van der Waals surface area contributed by atoms with Crippen LogP contribution in [0, 0.1) is 0 Å². The monoisotopic (exact) mass is 562 g/mol. The third-order valence-electron chi connectivity index (χ3n) is 3.70. The van der Waals surface area contributed by atoms with Gasteiger partial charge < -0.3 is 21.7 Å². The molecular formula is C18H22N6O7S4. The molecule has 0 aliphatic rings. The van der Waals surface area contributed by atoms with Crippen LogP contribution in [0.3, 0.4) is 0 Å². The van der Waals surface area contributed by atoms with Gasteiger partial charge in [0, 0.05) is 28.4 Å². The minimum absolute atomic E-state index is 0.0124. The maximum Gasteiger partial charge on any atom is 0.356 e. The Kier molecular flexibility index (Phi) is 11.3. The predicted molar refractivity (Wildman–Crippen MR) is 133 cm³/mol. The number of urea groups is 2. The first-order chi connectivity index (χ1) is 16.2. The van der Waals surface area contributed by atoms with E-state index in [1.54, 1.807) is 12.5 Å². The molecule has 1 atom stereocenters. The van der Waals surface area contributed by atoms with Crippen molar-refractivity contribution in [2.45, 2.75) is 19.6 Å². The molecule has 0 bridgehead atoms. The van der Waals surface area contributed by atoms with Crippen molar-refractivity contribution in [2.75, 3.05) is 25.0 Å². The summed E-state index contributed by atoms with van der Waals surface area (Å²) in [6, 6.07) is 3.19. The van der Waals surface area contributed by atoms with E-state index >= 15 is 0 Å². The second kappa shape index (κ2) is 13.2. The maximum absolute atomic E-state index is 11.6. The topological polar surface area (TPSA) is 227 Å². The minimum atomic E-state index is -3.62. The zero-order valence-electron chi connectivity index (χ0n) is 18.8. The molecular weight excluding hydrogens is 541 g/mol. The number of carbonyl (C=O) groups is 2. The number of rotatable bonds is 6. The van der Waals surface area contributed by atoms with Crippen LogP contribution in [0.15, 0.2) is 64.3 Å². The van der Waals surface area contributed by atoms with E-state index in [2.05, 4.69) is 20.5 Å². The van der Waals surface area contributed by atoms with Crippen LogP contribution in [0.1, 0.15) is 0 Å². The molecule has 0 aliphatic carbocycles. The molecule has 0 saturated heterocycles. The Hall–Kier alpha value is -3.02. The molecule has 4 amide bonds. The van der Waals surface area contributed by atoms with Crippen molar-refractivity contribution >= 4 is 67.6 Å². The SMILES string of the molecule is CSc1cc(O)cc(S(C)(=O)=O)c1N=NC(N)=O.CSc1cc(O)cc(S(C)=O)c1N=NC(N)=O. The van der Waals surface area contributed by atoms with Gasteiger partial charge in [0.15, 0.2) is 9.84 Å². The van der Waals surface area contributed by atoms with Crippen LogP contribution in [0.5, 0.6) is 11.5 Å². The summed E-state index contributed by atoms with van der Waals surface area (Å²) in [5, 5.41) is 32.4. The highest BCUT2D eigenvalue weighted by Gasteiger charge is 2.19. The lowest BCUT2D eigenvalue weighted by Crippen LogP contribution is -2.03. The van der Waals surface area contributed by atoms with Gasteiger partial charge in [0.25, 0.3) is 0 Å². The molecule has 35 heavy (non-hydrogen) atoms. The number of aromatic hydroxyl groups is 2. The number of thioether (sulfide) groups is 2. The van der Waals surface area contributed by atoms with Crippen LogP contribution in [0.25, 0.3) is 0 Å². The molecule has 2 aromatic carbocycles. The molecule has 0 aliphatic heterocycles. The Labute approximate surface area is 211 Å².